The number of aromatic amines is 1. The van der Waals surface area contributed by atoms with Gasteiger partial charge >= 0.3 is 0 Å². The van der Waals surface area contributed by atoms with Gasteiger partial charge in [-0.2, -0.15) is 5.10 Å². The van der Waals surface area contributed by atoms with Gasteiger partial charge in [-0.3, -0.25) is 5.10 Å². The lowest BCUT2D eigenvalue weighted by Gasteiger charge is -1.98. The van der Waals surface area contributed by atoms with E-state index in [0.29, 0.717) is 0 Å². The predicted molar refractivity (Wildman–Crippen MR) is 66.1 cm³/mol. The van der Waals surface area contributed by atoms with Crippen molar-refractivity contribution in [1.82, 2.24) is 10.2 Å². The summed E-state index contributed by atoms with van der Waals surface area (Å²) in [4.78, 5) is 0. The van der Waals surface area contributed by atoms with E-state index in [1.165, 1.54) is 0 Å². The van der Waals surface area contributed by atoms with Crippen LogP contribution in [0.3, 0.4) is 0 Å². The summed E-state index contributed by atoms with van der Waals surface area (Å²) in [5.41, 5.74) is 3.03. The van der Waals surface area contributed by atoms with Gasteiger partial charge in [0.05, 0.1) is 4.47 Å². The third-order valence-electron chi connectivity index (χ3n) is 2.23. The minimum absolute atomic E-state index is 0.723. The number of rotatable bonds is 2. The molecule has 1 aromatic heterocycles. The van der Waals surface area contributed by atoms with Gasteiger partial charge in [-0.25, -0.2) is 0 Å². The molecule has 4 heteroatoms. The molecule has 1 N–H and O–H groups in total. The van der Waals surface area contributed by atoms with Gasteiger partial charge in [-0.1, -0.05) is 30.7 Å². The van der Waals surface area contributed by atoms with E-state index >= 15 is 0 Å². The van der Waals surface area contributed by atoms with Crippen LogP contribution in [0.15, 0.2) is 28.7 Å². The van der Waals surface area contributed by atoms with Crippen LogP contribution in [-0.4, -0.2) is 10.2 Å². The van der Waals surface area contributed by atoms with Crippen LogP contribution in [0.4, 0.5) is 0 Å². The Bertz CT molecular complexity index is 479. The summed E-state index contributed by atoms with van der Waals surface area (Å²) in [5.74, 6) is 0. The molecule has 0 aliphatic rings. The lowest BCUT2D eigenvalue weighted by Crippen LogP contribution is -1.79. The van der Waals surface area contributed by atoms with Crippen LogP contribution in [0.1, 0.15) is 12.6 Å². The molecule has 0 bridgehead atoms. The normalized spacial score (nSPS) is 10.6. The van der Waals surface area contributed by atoms with Crippen LogP contribution < -0.4 is 0 Å². The quantitative estimate of drug-likeness (QED) is 0.886. The maximum absolute atomic E-state index is 5.93. The molecule has 0 unspecified atom stereocenters. The first-order chi connectivity index (χ1) is 7.22. The number of halogens is 2. The van der Waals surface area contributed by atoms with Crippen LogP contribution >= 0.6 is 27.5 Å². The molecule has 0 aliphatic heterocycles. The van der Waals surface area contributed by atoms with Gasteiger partial charge in [0.25, 0.3) is 0 Å². The highest BCUT2D eigenvalue weighted by atomic mass is 79.9. The third kappa shape index (κ3) is 2.08. The van der Waals surface area contributed by atoms with Crippen molar-refractivity contribution in [2.45, 2.75) is 13.3 Å². The summed E-state index contributed by atoms with van der Waals surface area (Å²) < 4.78 is 1.02. The zero-order valence-electron chi connectivity index (χ0n) is 8.22. The van der Waals surface area contributed by atoms with Gasteiger partial charge in [0.15, 0.2) is 0 Å². The first-order valence-electron chi connectivity index (χ1n) is 4.71. The minimum Gasteiger partial charge on any atom is -0.281 e. The van der Waals surface area contributed by atoms with Crippen LogP contribution in [0.2, 0.25) is 5.02 Å². The predicted octanol–water partition coefficient (Wildman–Crippen LogP) is 4.06. The molecule has 15 heavy (non-hydrogen) atoms. The zero-order valence-corrected chi connectivity index (χ0v) is 10.6. The first kappa shape index (κ1) is 10.7. The number of H-pyrrole nitrogens is 1. The Morgan fingerprint density at radius 1 is 1.47 bits per heavy atom. The highest BCUT2D eigenvalue weighted by molar-refractivity contribution is 9.10. The summed E-state index contributed by atoms with van der Waals surface area (Å²) in [7, 11) is 0. The lowest BCUT2D eigenvalue weighted by molar-refractivity contribution is 0.973. The average Bonchev–Trinajstić information content (AvgIpc) is 2.59. The Balaban J connectivity index is 2.49. The van der Waals surface area contributed by atoms with Crippen molar-refractivity contribution >= 4 is 27.5 Å². The van der Waals surface area contributed by atoms with Gasteiger partial charge in [0, 0.05) is 16.3 Å². The molecule has 2 rings (SSSR count). The van der Waals surface area contributed by atoms with E-state index in [4.69, 9.17) is 11.6 Å². The molecule has 0 atom stereocenters. The molecular weight excluding hydrogens is 275 g/mol. The van der Waals surface area contributed by atoms with E-state index in [0.717, 1.165) is 32.9 Å². The Morgan fingerprint density at radius 3 is 2.87 bits per heavy atom. The van der Waals surface area contributed by atoms with Crippen molar-refractivity contribution in [1.29, 1.82) is 0 Å². The van der Waals surface area contributed by atoms with Crippen molar-refractivity contribution in [2.24, 2.45) is 0 Å². The summed E-state index contributed by atoms with van der Waals surface area (Å²) in [5, 5.41) is 7.99. The van der Waals surface area contributed by atoms with E-state index in [2.05, 4.69) is 33.1 Å². The molecule has 78 valence electrons. The van der Waals surface area contributed by atoms with Crippen molar-refractivity contribution < 1.29 is 0 Å². The molecule has 0 saturated carbocycles. The fourth-order valence-electron chi connectivity index (χ4n) is 1.43. The number of aromatic nitrogens is 2. The Labute approximate surface area is 102 Å². The first-order valence-corrected chi connectivity index (χ1v) is 5.88. The number of nitrogens with zero attached hydrogens (tertiary/aromatic N) is 1. The maximum Gasteiger partial charge on any atom is 0.107 e. The largest absolute Gasteiger partial charge is 0.281 e. The van der Waals surface area contributed by atoms with E-state index in [9.17, 15) is 0 Å². The summed E-state index contributed by atoms with van der Waals surface area (Å²) in [6, 6.07) is 7.67. The Kier molecular flexibility index (Phi) is 3.12. The van der Waals surface area contributed by atoms with Gasteiger partial charge in [0.1, 0.15) is 5.69 Å². The van der Waals surface area contributed by atoms with Gasteiger partial charge in [-0.15, -0.1) is 0 Å². The Morgan fingerprint density at radius 2 is 2.27 bits per heavy atom. The van der Waals surface area contributed by atoms with E-state index < -0.39 is 0 Å². The fourth-order valence-corrected chi connectivity index (χ4v) is 2.30. The van der Waals surface area contributed by atoms with Crippen LogP contribution in [0.5, 0.6) is 0 Å². The van der Waals surface area contributed by atoms with Crippen LogP contribution in [-0.2, 0) is 6.42 Å². The topological polar surface area (TPSA) is 28.7 Å². The molecule has 0 amide bonds. The highest BCUT2D eigenvalue weighted by Crippen LogP contribution is 2.30. The van der Waals surface area contributed by atoms with E-state index in [-0.39, 0.29) is 0 Å². The third-order valence-corrected chi connectivity index (χ3v) is 3.32. The monoisotopic (exact) mass is 284 g/mol. The van der Waals surface area contributed by atoms with E-state index in [1.54, 1.807) is 0 Å². The van der Waals surface area contributed by atoms with Crippen molar-refractivity contribution in [3.8, 4) is 11.3 Å². The minimum atomic E-state index is 0.723. The second kappa shape index (κ2) is 4.37. The number of aryl methyl sites for hydroxylation is 1. The van der Waals surface area contributed by atoms with Gasteiger partial charge < -0.3 is 0 Å². The van der Waals surface area contributed by atoms with Gasteiger partial charge in [0.2, 0.25) is 0 Å². The Hall–Kier alpha value is -0.800. The number of benzene rings is 1. The van der Waals surface area contributed by atoms with Crippen molar-refractivity contribution in [3.05, 3.63) is 39.5 Å². The molecule has 0 fully saturated rings. The molecule has 1 heterocycles. The molecular formula is C11H10BrClN2. The van der Waals surface area contributed by atoms with Crippen LogP contribution in [0.25, 0.3) is 11.3 Å². The molecule has 2 nitrogen and oxygen atoms in total. The van der Waals surface area contributed by atoms with Crippen molar-refractivity contribution in [3.63, 3.8) is 0 Å². The summed E-state index contributed by atoms with van der Waals surface area (Å²) in [6.07, 6.45) is 0.925. The fraction of sp³-hybridized carbons (Fsp3) is 0.182. The summed E-state index contributed by atoms with van der Waals surface area (Å²) >= 11 is 9.47. The van der Waals surface area contributed by atoms with Crippen molar-refractivity contribution in [2.75, 3.05) is 0 Å². The number of hydrogen-bond donors (Lipinski definition) is 1. The SMILES string of the molecule is CCc1[nH]nc(-c2cccc(Cl)c2)c1Br. The smallest absolute Gasteiger partial charge is 0.107 e. The molecule has 0 spiro atoms. The lowest BCUT2D eigenvalue weighted by atomic mass is 10.1. The number of hydrogen-bond acceptors (Lipinski definition) is 1. The standard InChI is InChI=1S/C11H10BrClN2/c1-2-9-10(12)11(15-14-9)7-4-3-5-8(13)6-7/h3-6H,2H2,1H3,(H,14,15). The molecule has 0 radical (unpaired) electrons. The van der Waals surface area contributed by atoms with E-state index in [1.807, 2.05) is 24.3 Å². The second-order valence-electron chi connectivity index (χ2n) is 3.23. The molecule has 1 aromatic carbocycles. The van der Waals surface area contributed by atoms with Gasteiger partial charge in [-0.05, 0) is 34.5 Å². The zero-order chi connectivity index (χ0) is 10.8. The molecule has 2 aromatic rings. The summed E-state index contributed by atoms with van der Waals surface area (Å²) in [6.45, 7) is 2.08. The average molecular weight is 286 g/mol. The highest BCUT2D eigenvalue weighted by Gasteiger charge is 2.10. The molecule has 0 aliphatic carbocycles. The van der Waals surface area contributed by atoms with Crippen LogP contribution in [0, 0.1) is 0 Å². The second-order valence-corrected chi connectivity index (χ2v) is 4.46. The maximum atomic E-state index is 5.93. The molecule has 0 saturated heterocycles. The number of nitrogens with one attached hydrogen (secondary N) is 1.